The first-order valence-corrected chi connectivity index (χ1v) is 10.3. The van der Waals surface area contributed by atoms with Crippen molar-refractivity contribution in [2.75, 3.05) is 63.8 Å². The molecule has 0 aliphatic carbocycles. The highest BCUT2D eigenvalue weighted by Gasteiger charge is 2.25. The Hall–Kier alpha value is -1.59. The zero-order valence-electron chi connectivity index (χ0n) is 15.8. The second-order valence-corrected chi connectivity index (χ2v) is 7.99. The molecule has 2 fully saturated rings. The van der Waals surface area contributed by atoms with Crippen LogP contribution >= 0.6 is 0 Å². The van der Waals surface area contributed by atoms with Crippen molar-refractivity contribution in [1.82, 2.24) is 15.1 Å². The summed E-state index contributed by atoms with van der Waals surface area (Å²) in [5.41, 5.74) is 2.97. The lowest BCUT2D eigenvalue weighted by atomic mass is 9.96. The van der Waals surface area contributed by atoms with Gasteiger partial charge in [0.15, 0.2) is 0 Å². The van der Waals surface area contributed by atoms with Gasteiger partial charge in [0.05, 0.1) is 0 Å². The van der Waals surface area contributed by atoms with E-state index in [4.69, 9.17) is 0 Å². The van der Waals surface area contributed by atoms with Gasteiger partial charge in [0, 0.05) is 57.9 Å². The van der Waals surface area contributed by atoms with E-state index in [-0.39, 0.29) is 0 Å². The molecule has 0 saturated carbocycles. The van der Waals surface area contributed by atoms with Crippen LogP contribution in [-0.4, -0.2) is 74.6 Å². The molecule has 1 aromatic rings. The first kappa shape index (κ1) is 17.8. The minimum atomic E-state index is 0.335. The predicted molar refractivity (Wildman–Crippen MR) is 106 cm³/mol. The number of hydrogen-bond donors (Lipinski definition) is 1. The summed E-state index contributed by atoms with van der Waals surface area (Å²) >= 11 is 0. The largest absolute Gasteiger partial charge is 0.371 e. The SMILES string of the molecule is O=C(CCN1CCC(CN2CCc3ccccc32)CC1)N1CCNCC1. The average Bonchev–Trinajstić information content (AvgIpc) is 3.11. The fourth-order valence-corrected chi connectivity index (χ4v) is 4.63. The predicted octanol–water partition coefficient (Wildman–Crippen LogP) is 1.58. The third-order valence-electron chi connectivity index (χ3n) is 6.28. The van der Waals surface area contributed by atoms with Crippen LogP contribution < -0.4 is 10.2 Å². The molecule has 0 atom stereocenters. The zero-order valence-corrected chi connectivity index (χ0v) is 15.8. The molecular formula is C21H32N4O. The van der Waals surface area contributed by atoms with E-state index in [1.165, 1.54) is 43.6 Å². The van der Waals surface area contributed by atoms with Crippen LogP contribution in [0.2, 0.25) is 0 Å². The molecule has 1 N–H and O–H groups in total. The highest BCUT2D eigenvalue weighted by atomic mass is 16.2. The van der Waals surface area contributed by atoms with E-state index in [1.807, 2.05) is 4.90 Å². The molecule has 4 rings (SSSR count). The molecule has 142 valence electrons. The van der Waals surface area contributed by atoms with Crippen molar-refractivity contribution in [2.24, 2.45) is 5.92 Å². The summed E-state index contributed by atoms with van der Waals surface area (Å²) in [7, 11) is 0. The highest BCUT2D eigenvalue weighted by molar-refractivity contribution is 5.76. The monoisotopic (exact) mass is 356 g/mol. The lowest BCUT2D eigenvalue weighted by molar-refractivity contribution is -0.132. The van der Waals surface area contributed by atoms with Crippen LogP contribution in [0.25, 0.3) is 0 Å². The molecule has 0 spiro atoms. The van der Waals surface area contributed by atoms with E-state index >= 15 is 0 Å². The van der Waals surface area contributed by atoms with E-state index in [0.29, 0.717) is 12.3 Å². The molecule has 5 heteroatoms. The van der Waals surface area contributed by atoms with E-state index in [0.717, 1.165) is 51.7 Å². The van der Waals surface area contributed by atoms with Crippen LogP contribution in [-0.2, 0) is 11.2 Å². The van der Waals surface area contributed by atoms with Gasteiger partial charge < -0.3 is 20.0 Å². The van der Waals surface area contributed by atoms with Crippen LogP contribution in [0.1, 0.15) is 24.8 Å². The van der Waals surface area contributed by atoms with Gasteiger partial charge in [0.25, 0.3) is 0 Å². The third kappa shape index (κ3) is 4.21. The second kappa shape index (κ2) is 8.40. The maximum absolute atomic E-state index is 12.3. The van der Waals surface area contributed by atoms with E-state index in [2.05, 4.69) is 39.4 Å². The van der Waals surface area contributed by atoms with Gasteiger partial charge in [-0.1, -0.05) is 18.2 Å². The standard InChI is InChI=1S/C21H32N4O/c26-21(24-15-9-22-10-16-24)8-13-23-11-5-18(6-12-23)17-25-14-7-19-3-1-2-4-20(19)25/h1-4,18,22H,5-17H2. The number of fused-ring (bicyclic) bond motifs is 1. The number of carbonyl (C=O) groups excluding carboxylic acids is 1. The summed E-state index contributed by atoms with van der Waals surface area (Å²) in [4.78, 5) is 19.4. The van der Waals surface area contributed by atoms with Crippen molar-refractivity contribution < 1.29 is 4.79 Å². The first-order chi connectivity index (χ1) is 12.8. The van der Waals surface area contributed by atoms with Gasteiger partial charge >= 0.3 is 0 Å². The average molecular weight is 357 g/mol. The first-order valence-electron chi connectivity index (χ1n) is 10.3. The summed E-state index contributed by atoms with van der Waals surface area (Å²) in [6.07, 6.45) is 4.41. The van der Waals surface area contributed by atoms with Gasteiger partial charge in [-0.05, 0) is 49.9 Å². The minimum absolute atomic E-state index is 0.335. The Balaban J connectivity index is 1.18. The molecule has 2 saturated heterocycles. The lowest BCUT2D eigenvalue weighted by Gasteiger charge is -2.35. The Kier molecular flexibility index (Phi) is 5.75. The maximum atomic E-state index is 12.3. The molecule has 0 bridgehead atoms. The number of nitrogens with zero attached hydrogens (tertiary/aromatic N) is 3. The molecule has 0 radical (unpaired) electrons. The number of rotatable bonds is 5. The number of amides is 1. The van der Waals surface area contributed by atoms with Crippen molar-refractivity contribution in [3.05, 3.63) is 29.8 Å². The van der Waals surface area contributed by atoms with E-state index < -0.39 is 0 Å². The fourth-order valence-electron chi connectivity index (χ4n) is 4.63. The van der Waals surface area contributed by atoms with Crippen LogP contribution in [0.4, 0.5) is 5.69 Å². The van der Waals surface area contributed by atoms with E-state index in [1.54, 1.807) is 0 Å². The van der Waals surface area contributed by atoms with Gasteiger partial charge in [0.2, 0.25) is 5.91 Å². The van der Waals surface area contributed by atoms with Crippen LogP contribution in [0, 0.1) is 5.92 Å². The van der Waals surface area contributed by atoms with Gasteiger partial charge in [-0.3, -0.25) is 4.79 Å². The Morgan fingerprint density at radius 2 is 1.81 bits per heavy atom. The Bertz CT molecular complexity index is 606. The van der Waals surface area contributed by atoms with Crippen molar-refractivity contribution in [3.63, 3.8) is 0 Å². The number of piperazine rings is 1. The topological polar surface area (TPSA) is 38.8 Å². The van der Waals surface area contributed by atoms with Crippen molar-refractivity contribution in [1.29, 1.82) is 0 Å². The lowest BCUT2D eigenvalue weighted by Crippen LogP contribution is -2.47. The Labute approximate surface area is 157 Å². The van der Waals surface area contributed by atoms with Crippen molar-refractivity contribution >= 4 is 11.6 Å². The molecular weight excluding hydrogens is 324 g/mol. The summed E-state index contributed by atoms with van der Waals surface area (Å²) in [6, 6.07) is 8.87. The van der Waals surface area contributed by atoms with Crippen LogP contribution in [0.3, 0.4) is 0 Å². The van der Waals surface area contributed by atoms with Gasteiger partial charge in [0.1, 0.15) is 0 Å². The summed E-state index contributed by atoms with van der Waals surface area (Å²) in [5, 5.41) is 3.31. The molecule has 3 heterocycles. The number of hydrogen-bond acceptors (Lipinski definition) is 4. The summed E-state index contributed by atoms with van der Waals surface area (Å²) in [5.74, 6) is 1.13. The summed E-state index contributed by atoms with van der Waals surface area (Å²) in [6.45, 7) is 9.24. The third-order valence-corrected chi connectivity index (χ3v) is 6.28. The van der Waals surface area contributed by atoms with Gasteiger partial charge in [-0.15, -0.1) is 0 Å². The molecule has 0 aromatic heterocycles. The summed E-state index contributed by atoms with van der Waals surface area (Å²) < 4.78 is 0. The van der Waals surface area contributed by atoms with Crippen LogP contribution in [0.5, 0.6) is 0 Å². The number of anilines is 1. The van der Waals surface area contributed by atoms with Gasteiger partial charge in [-0.25, -0.2) is 0 Å². The number of benzene rings is 1. The number of carbonyl (C=O) groups is 1. The Morgan fingerprint density at radius 1 is 1.04 bits per heavy atom. The molecule has 5 nitrogen and oxygen atoms in total. The van der Waals surface area contributed by atoms with E-state index in [9.17, 15) is 4.79 Å². The van der Waals surface area contributed by atoms with Crippen molar-refractivity contribution in [2.45, 2.75) is 25.7 Å². The van der Waals surface area contributed by atoms with Gasteiger partial charge in [-0.2, -0.15) is 0 Å². The normalized spacial score (nSPS) is 21.8. The number of piperidine rings is 1. The van der Waals surface area contributed by atoms with Crippen molar-refractivity contribution in [3.8, 4) is 0 Å². The number of nitrogens with one attached hydrogen (secondary N) is 1. The highest BCUT2D eigenvalue weighted by Crippen LogP contribution is 2.30. The minimum Gasteiger partial charge on any atom is -0.371 e. The van der Waals surface area contributed by atoms with Crippen LogP contribution in [0.15, 0.2) is 24.3 Å². The number of likely N-dealkylation sites (tertiary alicyclic amines) is 1. The fraction of sp³-hybridized carbons (Fsp3) is 0.667. The number of para-hydroxylation sites is 1. The Morgan fingerprint density at radius 3 is 2.62 bits per heavy atom. The second-order valence-electron chi connectivity index (χ2n) is 7.99. The smallest absolute Gasteiger partial charge is 0.223 e. The molecule has 1 amide bonds. The molecule has 0 unspecified atom stereocenters. The molecule has 3 aliphatic rings. The quantitative estimate of drug-likeness (QED) is 0.870. The molecule has 1 aromatic carbocycles. The zero-order chi connectivity index (χ0) is 17.8. The maximum Gasteiger partial charge on any atom is 0.223 e. The molecule has 26 heavy (non-hydrogen) atoms. The molecule has 3 aliphatic heterocycles.